The number of anilines is 1. The summed E-state index contributed by atoms with van der Waals surface area (Å²) in [5.41, 5.74) is -3.15. The van der Waals surface area contributed by atoms with Gasteiger partial charge in [0.05, 0.1) is 34.3 Å². The summed E-state index contributed by atoms with van der Waals surface area (Å²) in [6.45, 7) is 1.70. The third-order valence-corrected chi connectivity index (χ3v) is 6.36. The first-order valence-electron chi connectivity index (χ1n) is 9.98. The molecule has 0 radical (unpaired) electrons. The summed E-state index contributed by atoms with van der Waals surface area (Å²) >= 11 is 0.819. The minimum absolute atomic E-state index is 0.0283. The Hall–Kier alpha value is -3.67. The molecule has 12 heteroatoms. The van der Waals surface area contributed by atoms with Gasteiger partial charge in [-0.1, -0.05) is 30.3 Å². The van der Waals surface area contributed by atoms with Gasteiger partial charge >= 0.3 is 12.4 Å². The van der Waals surface area contributed by atoms with Crippen LogP contribution in [0.2, 0.25) is 0 Å². The molecule has 2 aromatic carbocycles. The zero-order valence-electron chi connectivity index (χ0n) is 17.8. The van der Waals surface area contributed by atoms with Crippen LogP contribution in [0.5, 0.6) is 0 Å². The number of rotatable bonds is 4. The van der Waals surface area contributed by atoms with E-state index < -0.39 is 40.6 Å². The molecule has 1 N–H and O–H groups in total. The van der Waals surface area contributed by atoms with Crippen LogP contribution in [-0.4, -0.2) is 15.5 Å². The Morgan fingerprint density at radius 1 is 1.00 bits per heavy atom. The van der Waals surface area contributed by atoms with E-state index in [9.17, 15) is 35.9 Å². The summed E-state index contributed by atoms with van der Waals surface area (Å²) in [6, 6.07) is 9.89. The second kappa shape index (κ2) is 8.84. The second-order valence-corrected chi connectivity index (χ2v) is 8.65. The fraction of sp³-hybridized carbons (Fsp3) is 0.174. The second-order valence-electron chi connectivity index (χ2n) is 7.65. The van der Waals surface area contributed by atoms with E-state index in [-0.39, 0.29) is 33.3 Å². The van der Waals surface area contributed by atoms with Crippen LogP contribution in [0.1, 0.15) is 31.9 Å². The van der Waals surface area contributed by atoms with Crippen LogP contribution in [0.3, 0.4) is 0 Å². The number of benzene rings is 2. The number of nitrogens with one attached hydrogen (secondary N) is 1. The van der Waals surface area contributed by atoms with Gasteiger partial charge in [0.25, 0.3) is 11.5 Å². The number of aromatic nitrogens is 2. The Bertz CT molecular complexity index is 1440. The summed E-state index contributed by atoms with van der Waals surface area (Å²) < 4.78 is 80.0. The first-order chi connectivity index (χ1) is 16.3. The third kappa shape index (κ3) is 5.06. The summed E-state index contributed by atoms with van der Waals surface area (Å²) in [5.74, 6) is -0.952. The van der Waals surface area contributed by atoms with Crippen LogP contribution in [0.15, 0.2) is 59.7 Å². The summed E-state index contributed by atoms with van der Waals surface area (Å²) in [6.07, 6.45) is -8.79. The first kappa shape index (κ1) is 24.5. The van der Waals surface area contributed by atoms with Gasteiger partial charge < -0.3 is 5.32 Å². The molecule has 0 aliphatic carbocycles. The molecule has 0 aliphatic rings. The molecule has 2 aromatic heterocycles. The van der Waals surface area contributed by atoms with Gasteiger partial charge in [-0.25, -0.2) is 4.98 Å². The molecule has 35 heavy (non-hydrogen) atoms. The number of carbonyl (C=O) groups excluding carboxylic acids is 1. The van der Waals surface area contributed by atoms with Gasteiger partial charge in [0.1, 0.15) is 4.83 Å². The van der Waals surface area contributed by atoms with Crippen molar-refractivity contribution in [3.8, 4) is 0 Å². The quantitative estimate of drug-likeness (QED) is 0.337. The summed E-state index contributed by atoms with van der Waals surface area (Å²) in [5, 5.41) is 2.25. The molecule has 5 nitrogen and oxygen atoms in total. The number of nitrogens with zero attached hydrogens (tertiary/aromatic N) is 2. The lowest BCUT2D eigenvalue weighted by Crippen LogP contribution is -2.21. The lowest BCUT2D eigenvalue weighted by atomic mass is 10.1. The molecule has 0 saturated heterocycles. The van der Waals surface area contributed by atoms with E-state index in [4.69, 9.17) is 0 Å². The van der Waals surface area contributed by atoms with Gasteiger partial charge in [-0.3, -0.25) is 14.2 Å². The molecule has 0 fully saturated rings. The topological polar surface area (TPSA) is 64.0 Å². The van der Waals surface area contributed by atoms with Crippen LogP contribution < -0.4 is 10.9 Å². The maximum atomic E-state index is 13.1. The Morgan fingerprint density at radius 3 is 2.17 bits per heavy atom. The molecule has 182 valence electrons. The van der Waals surface area contributed by atoms with Gasteiger partial charge in [-0.05, 0) is 36.2 Å². The van der Waals surface area contributed by atoms with E-state index in [1.165, 1.54) is 17.8 Å². The molecule has 0 unspecified atom stereocenters. The smallest absolute Gasteiger partial charge is 0.321 e. The first-order valence-corrected chi connectivity index (χ1v) is 10.8. The number of carbonyl (C=O) groups is 1. The van der Waals surface area contributed by atoms with E-state index in [1.807, 2.05) is 30.3 Å². The lowest BCUT2D eigenvalue weighted by molar-refractivity contribution is -0.143. The minimum atomic E-state index is -5.05. The van der Waals surface area contributed by atoms with Crippen molar-refractivity contribution >= 4 is 33.1 Å². The lowest BCUT2D eigenvalue weighted by Gasteiger charge is -2.14. The standard InChI is InChI=1S/C23H15F6N3O2S/c1-12-17-20(30-11-32(21(17)34)10-13-5-3-2-4-6-13)35-18(12)19(33)31-16-8-14(22(24,25)26)7-15(9-16)23(27,28)29/h2-9,11H,10H2,1H3,(H,31,33). The van der Waals surface area contributed by atoms with Crippen LogP contribution in [0.25, 0.3) is 10.2 Å². The van der Waals surface area contributed by atoms with E-state index in [2.05, 4.69) is 10.3 Å². The monoisotopic (exact) mass is 511 g/mol. The van der Waals surface area contributed by atoms with E-state index in [0.29, 0.717) is 12.1 Å². The normalized spacial score (nSPS) is 12.2. The number of hydrogen-bond acceptors (Lipinski definition) is 4. The number of amides is 1. The van der Waals surface area contributed by atoms with Crippen LogP contribution in [-0.2, 0) is 18.9 Å². The fourth-order valence-electron chi connectivity index (χ4n) is 3.48. The minimum Gasteiger partial charge on any atom is -0.321 e. The molecule has 0 atom stereocenters. The molecule has 0 saturated carbocycles. The van der Waals surface area contributed by atoms with Crippen molar-refractivity contribution in [2.75, 3.05) is 5.32 Å². The van der Waals surface area contributed by atoms with Gasteiger partial charge in [0.2, 0.25) is 0 Å². The van der Waals surface area contributed by atoms with E-state index in [0.717, 1.165) is 16.9 Å². The Balaban J connectivity index is 1.70. The highest BCUT2D eigenvalue weighted by atomic mass is 32.1. The number of halogens is 6. The maximum absolute atomic E-state index is 13.1. The number of hydrogen-bond donors (Lipinski definition) is 1. The number of alkyl halides is 6. The summed E-state index contributed by atoms with van der Waals surface area (Å²) in [7, 11) is 0. The summed E-state index contributed by atoms with van der Waals surface area (Å²) in [4.78, 5) is 30.2. The van der Waals surface area contributed by atoms with Crippen LogP contribution in [0.4, 0.5) is 32.0 Å². The highest BCUT2D eigenvalue weighted by molar-refractivity contribution is 7.20. The predicted molar refractivity (Wildman–Crippen MR) is 119 cm³/mol. The molecule has 4 rings (SSSR count). The average Bonchev–Trinajstić information content (AvgIpc) is 3.12. The molecule has 0 bridgehead atoms. The van der Waals surface area contributed by atoms with Crippen LogP contribution >= 0.6 is 11.3 Å². The maximum Gasteiger partial charge on any atom is 0.416 e. The molecular formula is C23H15F6N3O2S. The third-order valence-electron chi connectivity index (χ3n) is 5.16. The predicted octanol–water partition coefficient (Wildman–Crippen LogP) is 6.10. The Kier molecular flexibility index (Phi) is 6.18. The number of aryl methyl sites for hydroxylation is 1. The van der Waals surface area contributed by atoms with Gasteiger partial charge in [-0.15, -0.1) is 11.3 Å². The Labute approximate surface area is 197 Å². The van der Waals surface area contributed by atoms with Crippen molar-refractivity contribution in [3.63, 3.8) is 0 Å². The highest BCUT2D eigenvalue weighted by Gasteiger charge is 2.37. The average molecular weight is 511 g/mol. The van der Waals surface area contributed by atoms with Gasteiger partial charge in [0.15, 0.2) is 0 Å². The number of fused-ring (bicyclic) bond motifs is 1. The molecule has 4 aromatic rings. The molecule has 1 amide bonds. The van der Waals surface area contributed by atoms with Crippen molar-refractivity contribution in [1.29, 1.82) is 0 Å². The molecular weight excluding hydrogens is 496 g/mol. The molecule has 2 heterocycles. The van der Waals surface area contributed by atoms with Crippen molar-refractivity contribution in [2.24, 2.45) is 0 Å². The highest BCUT2D eigenvalue weighted by Crippen LogP contribution is 2.38. The van der Waals surface area contributed by atoms with E-state index in [1.54, 1.807) is 0 Å². The zero-order chi connectivity index (χ0) is 25.5. The van der Waals surface area contributed by atoms with E-state index >= 15 is 0 Å². The zero-order valence-corrected chi connectivity index (χ0v) is 18.6. The van der Waals surface area contributed by atoms with Crippen molar-refractivity contribution in [2.45, 2.75) is 25.8 Å². The molecule has 0 aliphatic heterocycles. The van der Waals surface area contributed by atoms with Gasteiger partial charge in [0, 0.05) is 5.69 Å². The van der Waals surface area contributed by atoms with Crippen LogP contribution in [0, 0.1) is 6.92 Å². The fourth-order valence-corrected chi connectivity index (χ4v) is 4.52. The Morgan fingerprint density at radius 2 is 1.60 bits per heavy atom. The largest absolute Gasteiger partial charge is 0.416 e. The van der Waals surface area contributed by atoms with Crippen molar-refractivity contribution in [1.82, 2.24) is 9.55 Å². The number of thiophene rings is 1. The van der Waals surface area contributed by atoms with Crippen molar-refractivity contribution < 1.29 is 31.1 Å². The molecule has 0 spiro atoms. The van der Waals surface area contributed by atoms with Crippen molar-refractivity contribution in [3.05, 3.63) is 92.3 Å². The SMILES string of the molecule is Cc1c(C(=O)Nc2cc(C(F)(F)F)cc(C(F)(F)F)c2)sc2ncn(Cc3ccccc3)c(=O)c12. The van der Waals surface area contributed by atoms with Gasteiger partial charge in [-0.2, -0.15) is 26.3 Å².